The fraction of sp³-hybridized carbons (Fsp3) is 0.769. The molecule has 2 heterocycles. The zero-order valence-electron chi connectivity index (χ0n) is 11.7. The zero-order chi connectivity index (χ0) is 13.1. The van der Waals surface area contributed by atoms with Gasteiger partial charge in [0, 0.05) is 19.2 Å². The van der Waals surface area contributed by atoms with Crippen molar-refractivity contribution in [2.75, 3.05) is 19.8 Å². The number of nitrogens with zero attached hydrogens (tertiary/aromatic N) is 2. The van der Waals surface area contributed by atoms with E-state index in [9.17, 15) is 0 Å². The Morgan fingerprint density at radius 3 is 2.78 bits per heavy atom. The van der Waals surface area contributed by atoms with Gasteiger partial charge in [0.25, 0.3) is 0 Å². The van der Waals surface area contributed by atoms with Crippen LogP contribution in [0.25, 0.3) is 0 Å². The quantitative estimate of drug-likeness (QED) is 0.857. The van der Waals surface area contributed by atoms with Crippen LogP contribution in [0.2, 0.25) is 0 Å². The Kier molecular flexibility index (Phi) is 4.70. The number of ether oxygens (including phenoxy) is 1. The topological polar surface area (TPSA) is 39.1 Å². The fourth-order valence-electron chi connectivity index (χ4n) is 1.96. The SMILES string of the molecule is Cc1nn(C)c(SC2COC2)c1CNCC(C)C. The first-order valence-electron chi connectivity index (χ1n) is 6.55. The van der Waals surface area contributed by atoms with Gasteiger partial charge in [-0.05, 0) is 19.4 Å². The lowest BCUT2D eigenvalue weighted by molar-refractivity contribution is 0.0454. The Labute approximate surface area is 113 Å². The van der Waals surface area contributed by atoms with E-state index in [4.69, 9.17) is 4.74 Å². The number of hydrogen-bond donors (Lipinski definition) is 1. The molecule has 4 nitrogen and oxygen atoms in total. The van der Waals surface area contributed by atoms with Crippen molar-refractivity contribution in [1.29, 1.82) is 0 Å². The monoisotopic (exact) mass is 269 g/mol. The van der Waals surface area contributed by atoms with Crippen LogP contribution in [-0.2, 0) is 18.3 Å². The molecule has 0 atom stereocenters. The van der Waals surface area contributed by atoms with Gasteiger partial charge < -0.3 is 10.1 Å². The standard InChI is InChI=1S/C13H23N3OS/c1-9(2)5-14-6-12-10(3)15-16(4)13(12)18-11-7-17-8-11/h9,11,14H,5-8H2,1-4H3. The Bertz CT molecular complexity index is 399. The summed E-state index contributed by atoms with van der Waals surface area (Å²) in [5.74, 6) is 0.679. The molecule has 0 bridgehead atoms. The lowest BCUT2D eigenvalue weighted by Gasteiger charge is -2.25. The fourth-order valence-corrected chi connectivity index (χ4v) is 3.16. The summed E-state index contributed by atoms with van der Waals surface area (Å²) in [5.41, 5.74) is 2.48. The average Bonchev–Trinajstić information content (AvgIpc) is 2.48. The molecule has 2 rings (SSSR count). The van der Waals surface area contributed by atoms with E-state index >= 15 is 0 Å². The normalized spacial score (nSPS) is 16.3. The maximum atomic E-state index is 5.24. The van der Waals surface area contributed by atoms with Crippen molar-refractivity contribution in [1.82, 2.24) is 15.1 Å². The highest BCUT2D eigenvalue weighted by Gasteiger charge is 2.24. The summed E-state index contributed by atoms with van der Waals surface area (Å²) in [4.78, 5) is 0. The molecule has 18 heavy (non-hydrogen) atoms. The summed E-state index contributed by atoms with van der Waals surface area (Å²) in [6.07, 6.45) is 0. The average molecular weight is 269 g/mol. The van der Waals surface area contributed by atoms with Crippen LogP contribution in [-0.4, -0.2) is 34.8 Å². The molecular weight excluding hydrogens is 246 g/mol. The maximum absolute atomic E-state index is 5.24. The zero-order valence-corrected chi connectivity index (χ0v) is 12.5. The Hall–Kier alpha value is -0.520. The van der Waals surface area contributed by atoms with Gasteiger partial charge in [-0.25, -0.2) is 0 Å². The van der Waals surface area contributed by atoms with Crippen molar-refractivity contribution in [3.8, 4) is 0 Å². The van der Waals surface area contributed by atoms with Crippen LogP contribution in [0.15, 0.2) is 5.03 Å². The van der Waals surface area contributed by atoms with E-state index in [1.807, 2.05) is 23.5 Å². The molecule has 0 aromatic carbocycles. The predicted molar refractivity (Wildman–Crippen MR) is 75.0 cm³/mol. The predicted octanol–water partition coefficient (Wildman–Crippen LogP) is 1.97. The second-order valence-electron chi connectivity index (χ2n) is 5.29. The summed E-state index contributed by atoms with van der Waals surface area (Å²) in [6.45, 7) is 10.2. The highest BCUT2D eigenvalue weighted by Crippen LogP contribution is 2.31. The van der Waals surface area contributed by atoms with Crippen LogP contribution in [0.3, 0.4) is 0 Å². The van der Waals surface area contributed by atoms with Crippen LogP contribution in [0.5, 0.6) is 0 Å². The molecule has 1 aromatic heterocycles. The summed E-state index contributed by atoms with van der Waals surface area (Å²) in [5, 5.41) is 9.93. The minimum atomic E-state index is 0.601. The van der Waals surface area contributed by atoms with Gasteiger partial charge in [0.1, 0.15) is 0 Å². The number of aryl methyl sites for hydroxylation is 2. The van der Waals surface area contributed by atoms with Crippen molar-refractivity contribution < 1.29 is 4.74 Å². The van der Waals surface area contributed by atoms with Crippen LogP contribution >= 0.6 is 11.8 Å². The lowest BCUT2D eigenvalue weighted by atomic mass is 10.2. The molecule has 0 amide bonds. The van der Waals surface area contributed by atoms with Gasteiger partial charge in [0.05, 0.1) is 29.2 Å². The maximum Gasteiger partial charge on any atom is 0.0988 e. The van der Waals surface area contributed by atoms with E-state index in [2.05, 4.69) is 31.2 Å². The molecule has 1 fully saturated rings. The van der Waals surface area contributed by atoms with Gasteiger partial charge in [0.15, 0.2) is 0 Å². The van der Waals surface area contributed by atoms with Gasteiger partial charge in [-0.3, -0.25) is 4.68 Å². The van der Waals surface area contributed by atoms with Crippen LogP contribution in [0.1, 0.15) is 25.1 Å². The van der Waals surface area contributed by atoms with E-state index in [0.717, 1.165) is 32.0 Å². The van der Waals surface area contributed by atoms with Gasteiger partial charge in [-0.1, -0.05) is 25.6 Å². The van der Waals surface area contributed by atoms with Crippen molar-refractivity contribution in [3.63, 3.8) is 0 Å². The molecule has 5 heteroatoms. The molecule has 0 saturated carbocycles. The van der Waals surface area contributed by atoms with Crippen molar-refractivity contribution in [2.45, 2.75) is 37.6 Å². The second-order valence-corrected chi connectivity index (χ2v) is 6.58. The first-order chi connectivity index (χ1) is 8.58. The third-order valence-electron chi connectivity index (χ3n) is 3.03. The number of rotatable bonds is 6. The summed E-state index contributed by atoms with van der Waals surface area (Å²) in [7, 11) is 2.03. The number of thioether (sulfide) groups is 1. The highest BCUT2D eigenvalue weighted by atomic mass is 32.2. The van der Waals surface area contributed by atoms with Crippen LogP contribution in [0.4, 0.5) is 0 Å². The molecule has 102 valence electrons. The van der Waals surface area contributed by atoms with E-state index < -0.39 is 0 Å². The van der Waals surface area contributed by atoms with Crippen molar-refractivity contribution in [2.24, 2.45) is 13.0 Å². The second kappa shape index (κ2) is 6.08. The Morgan fingerprint density at radius 2 is 2.22 bits per heavy atom. The Balaban J connectivity index is 2.01. The molecule has 0 unspecified atom stereocenters. The van der Waals surface area contributed by atoms with Crippen molar-refractivity contribution in [3.05, 3.63) is 11.3 Å². The van der Waals surface area contributed by atoms with Gasteiger partial charge in [-0.15, -0.1) is 0 Å². The molecule has 1 N–H and O–H groups in total. The van der Waals surface area contributed by atoms with Gasteiger partial charge in [0.2, 0.25) is 0 Å². The molecule has 1 aromatic rings. The molecular formula is C13H23N3OS. The van der Waals surface area contributed by atoms with E-state index in [1.165, 1.54) is 10.6 Å². The number of hydrogen-bond acceptors (Lipinski definition) is 4. The molecule has 1 saturated heterocycles. The first kappa shape index (κ1) is 13.9. The van der Waals surface area contributed by atoms with Gasteiger partial charge >= 0.3 is 0 Å². The summed E-state index contributed by atoms with van der Waals surface area (Å²) in [6, 6.07) is 0. The van der Waals surface area contributed by atoms with Crippen LogP contribution in [0, 0.1) is 12.8 Å². The molecule has 0 aliphatic carbocycles. The lowest BCUT2D eigenvalue weighted by Crippen LogP contribution is -2.30. The molecule has 0 radical (unpaired) electrons. The molecule has 0 spiro atoms. The summed E-state index contributed by atoms with van der Waals surface area (Å²) < 4.78 is 7.24. The number of nitrogens with one attached hydrogen (secondary N) is 1. The first-order valence-corrected chi connectivity index (χ1v) is 7.43. The summed E-state index contributed by atoms with van der Waals surface area (Å²) >= 11 is 1.90. The number of aromatic nitrogens is 2. The smallest absolute Gasteiger partial charge is 0.0988 e. The van der Waals surface area contributed by atoms with Gasteiger partial charge in [-0.2, -0.15) is 5.10 Å². The Morgan fingerprint density at radius 1 is 1.50 bits per heavy atom. The molecule has 1 aliphatic rings. The minimum Gasteiger partial charge on any atom is -0.379 e. The van der Waals surface area contributed by atoms with Crippen molar-refractivity contribution >= 4 is 11.8 Å². The van der Waals surface area contributed by atoms with Crippen LogP contribution < -0.4 is 5.32 Å². The van der Waals surface area contributed by atoms with E-state index in [1.54, 1.807) is 0 Å². The van der Waals surface area contributed by atoms with E-state index in [0.29, 0.717) is 11.2 Å². The minimum absolute atomic E-state index is 0.601. The third-order valence-corrected chi connectivity index (χ3v) is 4.37. The van der Waals surface area contributed by atoms with E-state index in [-0.39, 0.29) is 0 Å². The largest absolute Gasteiger partial charge is 0.379 e. The molecule has 1 aliphatic heterocycles. The third kappa shape index (κ3) is 3.28. The highest BCUT2D eigenvalue weighted by molar-refractivity contribution is 8.00.